The van der Waals surface area contributed by atoms with Gasteiger partial charge < -0.3 is 20.3 Å². The van der Waals surface area contributed by atoms with Gasteiger partial charge >= 0.3 is 5.97 Å². The fourth-order valence-electron chi connectivity index (χ4n) is 1.29. The van der Waals surface area contributed by atoms with Crippen LogP contribution >= 0.6 is 0 Å². The Morgan fingerprint density at radius 1 is 1.56 bits per heavy atom. The standard InChI is InChI=1S/C11H15NO4/c1-7(13)16-11-5-8(3-4-9(11)14)10(15)6-12-2/h3-5,10,12,14-15H,6H2,1-2H3. The summed E-state index contributed by atoms with van der Waals surface area (Å²) in [4.78, 5) is 10.8. The molecule has 1 rings (SSSR count). The van der Waals surface area contributed by atoms with E-state index in [2.05, 4.69) is 5.32 Å². The number of aliphatic hydroxyl groups is 1. The van der Waals surface area contributed by atoms with Gasteiger partial charge in [0.15, 0.2) is 11.5 Å². The molecule has 0 radical (unpaired) electrons. The Balaban J connectivity index is 2.92. The zero-order valence-electron chi connectivity index (χ0n) is 9.23. The summed E-state index contributed by atoms with van der Waals surface area (Å²) in [6.45, 7) is 1.63. The van der Waals surface area contributed by atoms with E-state index in [1.165, 1.54) is 19.1 Å². The maximum Gasteiger partial charge on any atom is 0.308 e. The van der Waals surface area contributed by atoms with Gasteiger partial charge in [0.25, 0.3) is 0 Å². The number of carbonyl (C=O) groups is 1. The molecule has 0 bridgehead atoms. The van der Waals surface area contributed by atoms with Crippen LogP contribution in [0, 0.1) is 0 Å². The number of benzene rings is 1. The maximum atomic E-state index is 10.8. The molecule has 88 valence electrons. The number of phenolic OH excluding ortho intramolecular Hbond substituents is 1. The third kappa shape index (κ3) is 3.22. The van der Waals surface area contributed by atoms with Gasteiger partial charge in [0, 0.05) is 13.5 Å². The number of carbonyl (C=O) groups excluding carboxylic acids is 1. The minimum absolute atomic E-state index is 0.0557. The van der Waals surface area contributed by atoms with Crippen LogP contribution in [0.15, 0.2) is 18.2 Å². The molecule has 1 aromatic rings. The Morgan fingerprint density at radius 2 is 2.25 bits per heavy atom. The molecule has 0 saturated carbocycles. The summed E-state index contributed by atoms with van der Waals surface area (Å²) < 4.78 is 4.79. The molecule has 3 N–H and O–H groups in total. The van der Waals surface area contributed by atoms with Gasteiger partial charge in [-0.15, -0.1) is 0 Å². The molecule has 0 aliphatic carbocycles. The SMILES string of the molecule is CNCC(O)c1ccc(O)c(OC(C)=O)c1. The molecule has 0 saturated heterocycles. The third-order valence-corrected chi connectivity index (χ3v) is 2.02. The Morgan fingerprint density at radius 3 is 2.81 bits per heavy atom. The van der Waals surface area contributed by atoms with Gasteiger partial charge in [-0.05, 0) is 24.7 Å². The molecule has 1 aromatic carbocycles. The topological polar surface area (TPSA) is 78.8 Å². The number of hydrogen-bond acceptors (Lipinski definition) is 5. The number of likely N-dealkylation sites (N-methyl/N-ethyl adjacent to an activating group) is 1. The molecular weight excluding hydrogens is 210 g/mol. The van der Waals surface area contributed by atoms with Crippen molar-refractivity contribution >= 4 is 5.97 Å². The summed E-state index contributed by atoms with van der Waals surface area (Å²) in [5.74, 6) is -0.591. The first-order valence-corrected chi connectivity index (χ1v) is 4.88. The van der Waals surface area contributed by atoms with Crippen molar-refractivity contribution in [2.24, 2.45) is 0 Å². The lowest BCUT2D eigenvalue weighted by Gasteiger charge is -2.12. The number of hydrogen-bond donors (Lipinski definition) is 3. The Hall–Kier alpha value is -1.59. The largest absolute Gasteiger partial charge is 0.504 e. The van der Waals surface area contributed by atoms with E-state index in [4.69, 9.17) is 4.74 Å². The molecule has 0 aliphatic rings. The second-order valence-corrected chi connectivity index (χ2v) is 3.39. The zero-order valence-corrected chi connectivity index (χ0v) is 9.23. The number of aromatic hydroxyl groups is 1. The fourth-order valence-corrected chi connectivity index (χ4v) is 1.29. The van der Waals surface area contributed by atoms with Crippen LogP contribution in [0.3, 0.4) is 0 Å². The highest BCUT2D eigenvalue weighted by atomic mass is 16.5. The predicted octanol–water partition coefficient (Wildman–Crippen LogP) is 0.570. The van der Waals surface area contributed by atoms with Crippen molar-refractivity contribution < 1.29 is 19.7 Å². The molecule has 0 aliphatic heterocycles. The van der Waals surface area contributed by atoms with Crippen molar-refractivity contribution in [1.29, 1.82) is 0 Å². The third-order valence-electron chi connectivity index (χ3n) is 2.02. The lowest BCUT2D eigenvalue weighted by molar-refractivity contribution is -0.132. The monoisotopic (exact) mass is 225 g/mol. The van der Waals surface area contributed by atoms with E-state index in [-0.39, 0.29) is 11.5 Å². The summed E-state index contributed by atoms with van der Waals surface area (Å²) in [7, 11) is 1.72. The smallest absolute Gasteiger partial charge is 0.308 e. The van der Waals surface area contributed by atoms with Gasteiger partial charge in [0.2, 0.25) is 0 Å². The van der Waals surface area contributed by atoms with Crippen molar-refractivity contribution in [2.75, 3.05) is 13.6 Å². The summed E-state index contributed by atoms with van der Waals surface area (Å²) in [5.41, 5.74) is 0.573. The second kappa shape index (κ2) is 5.48. The summed E-state index contributed by atoms with van der Waals surface area (Å²) in [6, 6.07) is 4.40. The molecule has 0 aromatic heterocycles. The van der Waals surface area contributed by atoms with E-state index < -0.39 is 12.1 Å². The highest BCUT2D eigenvalue weighted by Gasteiger charge is 2.11. The minimum atomic E-state index is -0.708. The van der Waals surface area contributed by atoms with Gasteiger partial charge in [-0.2, -0.15) is 0 Å². The number of phenols is 1. The van der Waals surface area contributed by atoms with Crippen molar-refractivity contribution in [2.45, 2.75) is 13.0 Å². The highest BCUT2D eigenvalue weighted by Crippen LogP contribution is 2.29. The first kappa shape index (κ1) is 12.5. The molecule has 1 unspecified atom stereocenters. The number of rotatable bonds is 4. The first-order valence-electron chi connectivity index (χ1n) is 4.88. The van der Waals surface area contributed by atoms with Gasteiger partial charge in [0.05, 0.1) is 6.10 Å². The zero-order chi connectivity index (χ0) is 12.1. The Bertz CT molecular complexity index is 378. The van der Waals surface area contributed by atoms with Crippen LogP contribution in [0.25, 0.3) is 0 Å². The van der Waals surface area contributed by atoms with Crippen LogP contribution in [0.5, 0.6) is 11.5 Å². The number of aliphatic hydroxyl groups excluding tert-OH is 1. The molecule has 16 heavy (non-hydrogen) atoms. The molecule has 0 heterocycles. The normalized spacial score (nSPS) is 12.2. The van der Waals surface area contributed by atoms with Gasteiger partial charge in [-0.25, -0.2) is 0 Å². The van der Waals surface area contributed by atoms with E-state index in [1.54, 1.807) is 13.1 Å². The van der Waals surface area contributed by atoms with Crippen molar-refractivity contribution in [1.82, 2.24) is 5.32 Å². The maximum absolute atomic E-state index is 10.8. The van der Waals surface area contributed by atoms with Crippen molar-refractivity contribution in [3.05, 3.63) is 23.8 Å². The average Bonchev–Trinajstić information content (AvgIpc) is 2.21. The fraction of sp³-hybridized carbons (Fsp3) is 0.364. The van der Waals surface area contributed by atoms with Crippen LogP contribution in [0.4, 0.5) is 0 Å². The predicted molar refractivity (Wildman–Crippen MR) is 58.3 cm³/mol. The molecule has 0 amide bonds. The Labute approximate surface area is 93.7 Å². The van der Waals surface area contributed by atoms with Crippen LogP contribution < -0.4 is 10.1 Å². The summed E-state index contributed by atoms with van der Waals surface area (Å²) >= 11 is 0. The van der Waals surface area contributed by atoms with Crippen LogP contribution in [0.2, 0.25) is 0 Å². The minimum Gasteiger partial charge on any atom is -0.504 e. The Kier molecular flexibility index (Phi) is 4.28. The molecule has 1 atom stereocenters. The van der Waals surface area contributed by atoms with E-state index in [1.807, 2.05) is 0 Å². The molecular formula is C11H15NO4. The van der Waals surface area contributed by atoms with Gasteiger partial charge in [-0.1, -0.05) is 6.07 Å². The second-order valence-electron chi connectivity index (χ2n) is 3.39. The number of ether oxygens (including phenoxy) is 1. The van der Waals surface area contributed by atoms with E-state index in [0.29, 0.717) is 12.1 Å². The molecule has 5 nitrogen and oxygen atoms in total. The number of nitrogens with one attached hydrogen (secondary N) is 1. The quantitative estimate of drug-likeness (QED) is 0.515. The summed E-state index contributed by atoms with van der Waals surface area (Å²) in [6.07, 6.45) is -0.708. The molecule has 5 heteroatoms. The lowest BCUT2D eigenvalue weighted by atomic mass is 10.1. The molecule has 0 spiro atoms. The van der Waals surface area contributed by atoms with Crippen molar-refractivity contribution in [3.8, 4) is 11.5 Å². The average molecular weight is 225 g/mol. The summed E-state index contributed by atoms with van der Waals surface area (Å²) in [5, 5.41) is 21.9. The molecule has 0 fully saturated rings. The van der Waals surface area contributed by atoms with Crippen molar-refractivity contribution in [3.63, 3.8) is 0 Å². The number of esters is 1. The highest BCUT2D eigenvalue weighted by molar-refractivity contribution is 5.70. The van der Waals surface area contributed by atoms with E-state index in [0.717, 1.165) is 0 Å². The van der Waals surface area contributed by atoms with Gasteiger partial charge in [-0.3, -0.25) is 4.79 Å². The van der Waals surface area contributed by atoms with Crippen LogP contribution in [0.1, 0.15) is 18.6 Å². The van der Waals surface area contributed by atoms with E-state index in [9.17, 15) is 15.0 Å². The van der Waals surface area contributed by atoms with Crippen LogP contribution in [-0.4, -0.2) is 29.8 Å². The first-order chi connectivity index (χ1) is 7.54. The van der Waals surface area contributed by atoms with E-state index >= 15 is 0 Å². The van der Waals surface area contributed by atoms with Gasteiger partial charge in [0.1, 0.15) is 0 Å². The van der Waals surface area contributed by atoms with Crippen LogP contribution in [-0.2, 0) is 4.79 Å². The lowest BCUT2D eigenvalue weighted by Crippen LogP contribution is -2.16.